The molecule has 1 aliphatic heterocycles. The van der Waals surface area contributed by atoms with E-state index in [4.69, 9.17) is 5.11 Å². The van der Waals surface area contributed by atoms with Crippen molar-refractivity contribution in [3.63, 3.8) is 0 Å². The lowest BCUT2D eigenvalue weighted by Crippen LogP contribution is -2.46. The topological polar surface area (TPSA) is 84.2 Å². The minimum Gasteiger partial charge on any atom is -0.394 e. The van der Waals surface area contributed by atoms with Crippen LogP contribution in [0, 0.1) is 0 Å². The van der Waals surface area contributed by atoms with Gasteiger partial charge in [0.15, 0.2) is 0 Å². The third-order valence-corrected chi connectivity index (χ3v) is 3.40. The molecule has 0 unspecified atom stereocenters. The summed E-state index contributed by atoms with van der Waals surface area (Å²) in [6.45, 7) is 0.383. The molecule has 1 aliphatic rings. The van der Waals surface area contributed by atoms with Gasteiger partial charge in [-0.2, -0.15) is 0 Å². The highest BCUT2D eigenvalue weighted by atomic mass is 16.3. The van der Waals surface area contributed by atoms with Crippen LogP contribution in [0.15, 0.2) is 30.3 Å². The summed E-state index contributed by atoms with van der Waals surface area (Å²) < 4.78 is 0. The molecular weight excluding hydrogens is 234 g/mol. The van der Waals surface area contributed by atoms with E-state index in [-0.39, 0.29) is 6.54 Å². The molecule has 0 spiro atoms. The highest BCUT2D eigenvalue weighted by Crippen LogP contribution is 2.23. The van der Waals surface area contributed by atoms with Crippen LogP contribution in [0.5, 0.6) is 0 Å². The van der Waals surface area contributed by atoms with Gasteiger partial charge in [0.25, 0.3) is 0 Å². The Bertz CT molecular complexity index is 373. The van der Waals surface area contributed by atoms with Gasteiger partial charge in [0.05, 0.1) is 31.0 Å². The molecule has 1 saturated heterocycles. The fraction of sp³-hybridized carbons (Fsp3) is 0.538. The van der Waals surface area contributed by atoms with Crippen molar-refractivity contribution in [1.29, 1.82) is 0 Å². The summed E-state index contributed by atoms with van der Waals surface area (Å²) >= 11 is 0. The zero-order chi connectivity index (χ0) is 13.1. The lowest BCUT2D eigenvalue weighted by Gasteiger charge is -2.29. The van der Waals surface area contributed by atoms with Crippen LogP contribution >= 0.6 is 0 Å². The van der Waals surface area contributed by atoms with E-state index in [0.717, 1.165) is 5.56 Å². The summed E-state index contributed by atoms with van der Waals surface area (Å²) in [7, 11) is 0. The van der Waals surface area contributed by atoms with Gasteiger partial charge in [0, 0.05) is 13.1 Å². The Morgan fingerprint density at radius 3 is 2.50 bits per heavy atom. The number of rotatable bonds is 4. The zero-order valence-corrected chi connectivity index (χ0v) is 10.1. The number of benzene rings is 1. The number of likely N-dealkylation sites (tertiary alicyclic amines) is 1. The molecule has 0 aromatic heterocycles. The second kappa shape index (κ2) is 5.77. The molecule has 0 aliphatic carbocycles. The second-order valence-electron chi connectivity index (χ2n) is 4.71. The SMILES string of the molecule is OC[C@H](O)[C@@H]1[C@@H](O)[C@@H](O)CN1Cc1ccccc1. The van der Waals surface area contributed by atoms with Gasteiger partial charge in [-0.3, -0.25) is 4.90 Å². The van der Waals surface area contributed by atoms with Crippen molar-refractivity contribution < 1.29 is 20.4 Å². The third-order valence-electron chi connectivity index (χ3n) is 3.40. The second-order valence-corrected chi connectivity index (χ2v) is 4.71. The van der Waals surface area contributed by atoms with Gasteiger partial charge in [-0.15, -0.1) is 0 Å². The number of β-amino-alcohol motifs (C(OH)–C–C–N with tert-alkyl or cyclic N) is 1. The van der Waals surface area contributed by atoms with Crippen molar-refractivity contribution in [1.82, 2.24) is 4.90 Å². The lowest BCUT2D eigenvalue weighted by atomic mass is 10.0. The van der Waals surface area contributed by atoms with Gasteiger partial charge in [-0.05, 0) is 5.56 Å². The first-order valence-corrected chi connectivity index (χ1v) is 6.06. The standard InChI is InChI=1S/C13H19NO4/c15-8-11(17)12-13(18)10(16)7-14(12)6-9-4-2-1-3-5-9/h1-5,10-13,15-18H,6-8H2/t10-,11-,12+,13-/m0/s1. The van der Waals surface area contributed by atoms with Crippen LogP contribution in [0.2, 0.25) is 0 Å². The third kappa shape index (κ3) is 2.71. The predicted molar refractivity (Wildman–Crippen MR) is 65.7 cm³/mol. The van der Waals surface area contributed by atoms with Crippen molar-refractivity contribution in [2.24, 2.45) is 0 Å². The van der Waals surface area contributed by atoms with E-state index in [1.54, 1.807) is 4.90 Å². The quantitative estimate of drug-likeness (QED) is 0.550. The highest BCUT2D eigenvalue weighted by molar-refractivity contribution is 5.15. The molecule has 18 heavy (non-hydrogen) atoms. The average Bonchev–Trinajstić information content (AvgIpc) is 2.65. The predicted octanol–water partition coefficient (Wildman–Crippen LogP) is -1.05. The van der Waals surface area contributed by atoms with Crippen molar-refractivity contribution in [2.45, 2.75) is 30.9 Å². The molecular formula is C13H19NO4. The molecule has 1 aromatic rings. The Morgan fingerprint density at radius 1 is 1.22 bits per heavy atom. The van der Waals surface area contributed by atoms with Crippen LogP contribution in [0.3, 0.4) is 0 Å². The Morgan fingerprint density at radius 2 is 1.89 bits per heavy atom. The van der Waals surface area contributed by atoms with Crippen molar-refractivity contribution >= 4 is 0 Å². The fourth-order valence-electron chi connectivity index (χ4n) is 2.48. The first-order valence-electron chi connectivity index (χ1n) is 6.06. The van der Waals surface area contributed by atoms with Gasteiger partial charge in [-0.1, -0.05) is 30.3 Å². The molecule has 4 atom stereocenters. The van der Waals surface area contributed by atoms with Crippen LogP contribution in [0.1, 0.15) is 5.56 Å². The van der Waals surface area contributed by atoms with E-state index in [0.29, 0.717) is 6.54 Å². The fourth-order valence-corrected chi connectivity index (χ4v) is 2.48. The number of nitrogens with zero attached hydrogens (tertiary/aromatic N) is 1. The highest BCUT2D eigenvalue weighted by Gasteiger charge is 2.43. The Labute approximate surface area is 106 Å². The van der Waals surface area contributed by atoms with Gasteiger partial charge in [0.1, 0.15) is 0 Å². The van der Waals surface area contributed by atoms with Gasteiger partial charge < -0.3 is 20.4 Å². The normalized spacial score (nSPS) is 30.6. The molecule has 0 saturated carbocycles. The minimum atomic E-state index is -1.05. The number of hydrogen-bond acceptors (Lipinski definition) is 5. The molecule has 1 aromatic carbocycles. The maximum atomic E-state index is 9.84. The van der Waals surface area contributed by atoms with E-state index < -0.39 is 31.0 Å². The van der Waals surface area contributed by atoms with Crippen molar-refractivity contribution in [3.05, 3.63) is 35.9 Å². The first kappa shape index (κ1) is 13.5. The van der Waals surface area contributed by atoms with Gasteiger partial charge in [-0.25, -0.2) is 0 Å². The van der Waals surface area contributed by atoms with Crippen LogP contribution < -0.4 is 0 Å². The Balaban J connectivity index is 2.11. The van der Waals surface area contributed by atoms with Gasteiger partial charge >= 0.3 is 0 Å². The molecule has 0 amide bonds. The van der Waals surface area contributed by atoms with Crippen molar-refractivity contribution in [2.75, 3.05) is 13.2 Å². The Hall–Kier alpha value is -0.980. The van der Waals surface area contributed by atoms with E-state index in [1.165, 1.54) is 0 Å². The zero-order valence-electron chi connectivity index (χ0n) is 10.1. The summed E-state index contributed by atoms with van der Waals surface area (Å²) in [6, 6.07) is 8.99. The summed E-state index contributed by atoms with van der Waals surface area (Å²) in [5, 5.41) is 38.3. The van der Waals surface area contributed by atoms with E-state index in [9.17, 15) is 15.3 Å². The molecule has 1 fully saturated rings. The first-order chi connectivity index (χ1) is 8.63. The van der Waals surface area contributed by atoms with Crippen LogP contribution in [-0.2, 0) is 6.54 Å². The van der Waals surface area contributed by atoms with Crippen LogP contribution in [0.25, 0.3) is 0 Å². The summed E-state index contributed by atoms with van der Waals surface area (Å²) in [5.74, 6) is 0. The lowest BCUT2D eigenvalue weighted by molar-refractivity contribution is -0.0317. The minimum absolute atomic E-state index is 0.289. The summed E-state index contributed by atoms with van der Waals surface area (Å²) in [5.41, 5.74) is 1.04. The van der Waals surface area contributed by atoms with Crippen LogP contribution in [0.4, 0.5) is 0 Å². The molecule has 5 heteroatoms. The largest absolute Gasteiger partial charge is 0.394 e. The van der Waals surface area contributed by atoms with E-state index in [1.807, 2.05) is 30.3 Å². The number of aliphatic hydroxyl groups excluding tert-OH is 4. The molecule has 0 radical (unpaired) electrons. The molecule has 100 valence electrons. The maximum absolute atomic E-state index is 9.84. The molecule has 1 heterocycles. The van der Waals surface area contributed by atoms with Gasteiger partial charge in [0.2, 0.25) is 0 Å². The van der Waals surface area contributed by atoms with Crippen LogP contribution in [-0.4, -0.2) is 62.8 Å². The number of hydrogen-bond donors (Lipinski definition) is 4. The average molecular weight is 253 g/mol. The maximum Gasteiger partial charge on any atom is 0.0992 e. The monoisotopic (exact) mass is 253 g/mol. The van der Waals surface area contributed by atoms with Crippen molar-refractivity contribution in [3.8, 4) is 0 Å². The number of aliphatic hydroxyl groups is 4. The molecule has 4 N–H and O–H groups in total. The molecule has 2 rings (SSSR count). The molecule has 5 nitrogen and oxygen atoms in total. The summed E-state index contributed by atoms with van der Waals surface area (Å²) in [4.78, 5) is 1.80. The van der Waals surface area contributed by atoms with E-state index >= 15 is 0 Å². The summed E-state index contributed by atoms with van der Waals surface area (Å²) in [6.07, 6.45) is -2.98. The smallest absolute Gasteiger partial charge is 0.0992 e. The Kier molecular flexibility index (Phi) is 4.31. The van der Waals surface area contributed by atoms with E-state index in [2.05, 4.69) is 0 Å². The molecule has 0 bridgehead atoms.